The van der Waals surface area contributed by atoms with E-state index in [-0.39, 0.29) is 16.6 Å². The fraction of sp³-hybridized carbons (Fsp3) is 0.480. The summed E-state index contributed by atoms with van der Waals surface area (Å²) in [7, 11) is -0.785. The zero-order valence-corrected chi connectivity index (χ0v) is 21.4. The molecule has 1 heterocycles. The van der Waals surface area contributed by atoms with Crippen molar-refractivity contribution in [1.82, 2.24) is 14.5 Å². The normalized spacial score (nSPS) is 15.3. The molecule has 186 valence electrons. The SMILES string of the molecule is COc1ccc(CCN2CCN(C(=O)c3ccc(OC)c(S(=O)(=O)NC(C)(C)C)c3)CC2)cc1. The van der Waals surface area contributed by atoms with E-state index >= 15 is 0 Å². The molecule has 0 aliphatic carbocycles. The van der Waals surface area contributed by atoms with Gasteiger partial charge in [0.1, 0.15) is 16.4 Å². The van der Waals surface area contributed by atoms with Crippen molar-refractivity contribution in [3.8, 4) is 11.5 Å². The van der Waals surface area contributed by atoms with Gasteiger partial charge in [-0.15, -0.1) is 0 Å². The summed E-state index contributed by atoms with van der Waals surface area (Å²) >= 11 is 0. The number of piperazine rings is 1. The van der Waals surface area contributed by atoms with Crippen LogP contribution in [0.5, 0.6) is 11.5 Å². The van der Waals surface area contributed by atoms with Gasteiger partial charge in [-0.3, -0.25) is 9.69 Å². The molecule has 0 radical (unpaired) electrons. The van der Waals surface area contributed by atoms with E-state index in [0.29, 0.717) is 18.7 Å². The van der Waals surface area contributed by atoms with E-state index in [0.717, 1.165) is 31.8 Å². The number of hydrogen-bond acceptors (Lipinski definition) is 6. The molecule has 0 saturated carbocycles. The molecule has 2 aromatic carbocycles. The third-order valence-corrected chi connectivity index (χ3v) is 7.46. The lowest BCUT2D eigenvalue weighted by atomic mass is 10.1. The first-order valence-corrected chi connectivity index (χ1v) is 12.9. The summed E-state index contributed by atoms with van der Waals surface area (Å²) in [5.41, 5.74) is 0.920. The lowest BCUT2D eigenvalue weighted by Gasteiger charge is -2.35. The molecule has 1 fully saturated rings. The number of carbonyl (C=O) groups excluding carboxylic acids is 1. The van der Waals surface area contributed by atoms with E-state index in [1.807, 2.05) is 12.1 Å². The van der Waals surface area contributed by atoms with Crippen LogP contribution in [0.15, 0.2) is 47.4 Å². The van der Waals surface area contributed by atoms with Crippen LogP contribution in [0.25, 0.3) is 0 Å². The predicted molar refractivity (Wildman–Crippen MR) is 132 cm³/mol. The zero-order valence-electron chi connectivity index (χ0n) is 20.6. The zero-order chi connectivity index (χ0) is 24.9. The van der Waals surface area contributed by atoms with Gasteiger partial charge in [-0.1, -0.05) is 12.1 Å². The maximum absolute atomic E-state index is 13.1. The van der Waals surface area contributed by atoms with Gasteiger partial charge in [0.05, 0.1) is 14.2 Å². The van der Waals surface area contributed by atoms with Crippen LogP contribution in [0.3, 0.4) is 0 Å². The largest absolute Gasteiger partial charge is 0.497 e. The summed E-state index contributed by atoms with van der Waals surface area (Å²) in [6.45, 7) is 8.94. The number of sulfonamides is 1. The second kappa shape index (κ2) is 10.8. The number of nitrogens with one attached hydrogen (secondary N) is 1. The molecular formula is C25H35N3O5S. The molecular weight excluding hydrogens is 454 g/mol. The number of hydrogen-bond donors (Lipinski definition) is 1. The molecule has 8 nitrogen and oxygen atoms in total. The highest BCUT2D eigenvalue weighted by molar-refractivity contribution is 7.89. The van der Waals surface area contributed by atoms with Crippen molar-refractivity contribution in [3.05, 3.63) is 53.6 Å². The van der Waals surface area contributed by atoms with Gasteiger partial charge in [0.25, 0.3) is 5.91 Å². The van der Waals surface area contributed by atoms with Gasteiger partial charge in [0.15, 0.2) is 0 Å². The fourth-order valence-electron chi connectivity index (χ4n) is 3.91. The van der Waals surface area contributed by atoms with Gasteiger partial charge in [0.2, 0.25) is 10.0 Å². The van der Waals surface area contributed by atoms with Gasteiger partial charge in [0, 0.05) is 43.8 Å². The molecule has 2 aromatic rings. The number of amides is 1. The average molecular weight is 490 g/mol. The number of ether oxygens (including phenoxy) is 2. The lowest BCUT2D eigenvalue weighted by Crippen LogP contribution is -2.49. The second-order valence-corrected chi connectivity index (χ2v) is 11.1. The van der Waals surface area contributed by atoms with E-state index in [1.54, 1.807) is 38.8 Å². The average Bonchev–Trinajstić information content (AvgIpc) is 2.81. The maximum atomic E-state index is 13.1. The van der Waals surface area contributed by atoms with E-state index in [1.165, 1.54) is 24.8 Å². The molecule has 0 spiro atoms. The Bertz CT molecular complexity index is 1090. The van der Waals surface area contributed by atoms with Crippen molar-refractivity contribution in [1.29, 1.82) is 0 Å². The number of methoxy groups -OCH3 is 2. The Labute approximate surface area is 202 Å². The van der Waals surface area contributed by atoms with Crippen LogP contribution in [0, 0.1) is 0 Å². The van der Waals surface area contributed by atoms with Crippen LogP contribution in [0.2, 0.25) is 0 Å². The minimum atomic E-state index is -3.86. The molecule has 0 atom stereocenters. The topological polar surface area (TPSA) is 88.2 Å². The van der Waals surface area contributed by atoms with Gasteiger partial charge in [-0.25, -0.2) is 13.1 Å². The summed E-state index contributed by atoms with van der Waals surface area (Å²) < 4.78 is 38.9. The first-order chi connectivity index (χ1) is 16.0. The van der Waals surface area contributed by atoms with Gasteiger partial charge in [-0.2, -0.15) is 0 Å². The minimum absolute atomic E-state index is 0.0334. The molecule has 0 aromatic heterocycles. The molecule has 1 saturated heterocycles. The molecule has 0 unspecified atom stereocenters. The summed E-state index contributed by atoms with van der Waals surface area (Å²) in [6, 6.07) is 12.6. The summed E-state index contributed by atoms with van der Waals surface area (Å²) in [5, 5.41) is 0. The first kappa shape index (κ1) is 26.0. The Kier molecular flexibility index (Phi) is 8.22. The minimum Gasteiger partial charge on any atom is -0.497 e. The number of benzene rings is 2. The molecule has 1 aliphatic rings. The smallest absolute Gasteiger partial charge is 0.253 e. The fourth-order valence-corrected chi connectivity index (χ4v) is 5.53. The summed E-state index contributed by atoms with van der Waals surface area (Å²) in [5.74, 6) is 0.876. The van der Waals surface area contributed by atoms with E-state index < -0.39 is 15.6 Å². The van der Waals surface area contributed by atoms with Crippen LogP contribution in [0.1, 0.15) is 36.7 Å². The third-order valence-electron chi connectivity index (χ3n) is 5.68. The molecule has 1 N–H and O–H groups in total. The van der Waals surface area contributed by atoms with Gasteiger partial charge in [-0.05, 0) is 63.1 Å². The number of carbonyl (C=O) groups is 1. The standard InChI is InChI=1S/C25H35N3O5S/c1-25(2,3)26-34(30,31)23-18-20(8-11-22(23)33-5)24(29)28-16-14-27(15-17-28)13-12-19-6-9-21(32-4)10-7-19/h6-11,18,26H,12-17H2,1-5H3. The maximum Gasteiger partial charge on any atom is 0.253 e. The van der Waals surface area contributed by atoms with Crippen molar-refractivity contribution in [2.24, 2.45) is 0 Å². The molecule has 1 aliphatic heterocycles. The van der Waals surface area contributed by atoms with E-state index in [2.05, 4.69) is 21.8 Å². The Balaban J connectivity index is 1.63. The van der Waals surface area contributed by atoms with Crippen molar-refractivity contribution >= 4 is 15.9 Å². The van der Waals surface area contributed by atoms with Crippen molar-refractivity contribution in [3.63, 3.8) is 0 Å². The van der Waals surface area contributed by atoms with Crippen LogP contribution in [0.4, 0.5) is 0 Å². The van der Waals surface area contributed by atoms with Crippen molar-refractivity contribution < 1.29 is 22.7 Å². The highest BCUT2D eigenvalue weighted by atomic mass is 32.2. The molecule has 3 rings (SSSR count). The lowest BCUT2D eigenvalue weighted by molar-refractivity contribution is 0.0638. The van der Waals surface area contributed by atoms with E-state index in [9.17, 15) is 13.2 Å². The highest BCUT2D eigenvalue weighted by Gasteiger charge is 2.28. The second-order valence-electron chi connectivity index (χ2n) is 9.45. The van der Waals surface area contributed by atoms with Crippen LogP contribution in [-0.4, -0.2) is 76.6 Å². The Morgan fingerprint density at radius 1 is 0.971 bits per heavy atom. The summed E-state index contributed by atoms with van der Waals surface area (Å²) in [4.78, 5) is 17.2. The first-order valence-electron chi connectivity index (χ1n) is 11.4. The number of rotatable bonds is 8. The Morgan fingerprint density at radius 3 is 2.18 bits per heavy atom. The van der Waals surface area contributed by atoms with Crippen molar-refractivity contribution in [2.75, 3.05) is 46.9 Å². The molecule has 0 bridgehead atoms. The number of nitrogens with zero attached hydrogens (tertiary/aromatic N) is 2. The Morgan fingerprint density at radius 2 is 1.62 bits per heavy atom. The van der Waals surface area contributed by atoms with Crippen LogP contribution >= 0.6 is 0 Å². The predicted octanol–water partition coefficient (Wildman–Crippen LogP) is 2.78. The third kappa shape index (κ3) is 6.71. The van der Waals surface area contributed by atoms with Gasteiger partial charge >= 0.3 is 0 Å². The van der Waals surface area contributed by atoms with Gasteiger partial charge < -0.3 is 14.4 Å². The summed E-state index contributed by atoms with van der Waals surface area (Å²) in [6.07, 6.45) is 0.929. The van der Waals surface area contributed by atoms with Crippen LogP contribution < -0.4 is 14.2 Å². The molecule has 9 heteroatoms. The Hall–Kier alpha value is -2.62. The monoisotopic (exact) mass is 489 g/mol. The quantitative estimate of drug-likeness (QED) is 0.614. The molecule has 1 amide bonds. The van der Waals surface area contributed by atoms with Crippen molar-refractivity contribution in [2.45, 2.75) is 37.6 Å². The molecule has 34 heavy (non-hydrogen) atoms. The van der Waals surface area contributed by atoms with Crippen LogP contribution in [-0.2, 0) is 16.4 Å². The van der Waals surface area contributed by atoms with E-state index in [4.69, 9.17) is 9.47 Å². The highest BCUT2D eigenvalue weighted by Crippen LogP contribution is 2.27.